The molecule has 0 saturated carbocycles. The van der Waals surface area contributed by atoms with Crippen LogP contribution in [0.4, 0.5) is 0 Å². The van der Waals surface area contributed by atoms with E-state index in [1.54, 1.807) is 6.92 Å². The highest BCUT2D eigenvalue weighted by atomic mass is 16.2. The molecule has 2 unspecified atom stereocenters. The molecule has 0 spiro atoms. The fourth-order valence-corrected chi connectivity index (χ4v) is 3.45. The van der Waals surface area contributed by atoms with Gasteiger partial charge in [0, 0.05) is 32.5 Å². The van der Waals surface area contributed by atoms with Crippen LogP contribution in [-0.4, -0.2) is 48.9 Å². The Morgan fingerprint density at radius 3 is 2.57 bits per heavy atom. The maximum atomic E-state index is 12.2. The van der Waals surface area contributed by atoms with Gasteiger partial charge in [-0.3, -0.25) is 9.59 Å². The average Bonchev–Trinajstić information content (AvgIpc) is 2.48. The largest absolute Gasteiger partial charge is 0.353 e. The lowest BCUT2D eigenvalue weighted by Crippen LogP contribution is -2.46. The van der Waals surface area contributed by atoms with Gasteiger partial charge in [-0.15, -0.1) is 0 Å². The monoisotopic (exact) mass is 295 g/mol. The summed E-state index contributed by atoms with van der Waals surface area (Å²) in [6.45, 7) is 7.49. The average molecular weight is 295 g/mol. The summed E-state index contributed by atoms with van der Waals surface area (Å²) in [4.78, 5) is 25.3. The van der Waals surface area contributed by atoms with Crippen molar-refractivity contribution < 1.29 is 9.59 Å². The first kappa shape index (κ1) is 16.3. The molecule has 0 radical (unpaired) electrons. The van der Waals surface area contributed by atoms with Crippen molar-refractivity contribution in [2.45, 2.75) is 52.0 Å². The summed E-state index contributed by atoms with van der Waals surface area (Å²) in [6, 6.07) is 0.241. The third-order valence-electron chi connectivity index (χ3n) is 4.95. The van der Waals surface area contributed by atoms with E-state index >= 15 is 0 Å². The molecule has 2 aliphatic rings. The number of amides is 2. The molecule has 2 rings (SSSR count). The van der Waals surface area contributed by atoms with Crippen LogP contribution >= 0.6 is 0 Å². The first-order valence-corrected chi connectivity index (χ1v) is 8.32. The summed E-state index contributed by atoms with van der Waals surface area (Å²) in [6.07, 6.45) is 4.84. The molecule has 2 aliphatic heterocycles. The highest BCUT2D eigenvalue weighted by Gasteiger charge is 2.25. The molecule has 5 nitrogen and oxygen atoms in total. The van der Waals surface area contributed by atoms with Crippen LogP contribution in [0.15, 0.2) is 0 Å². The summed E-state index contributed by atoms with van der Waals surface area (Å²) in [5.74, 6) is 1.38. The molecule has 2 N–H and O–H groups in total. The smallest absolute Gasteiger partial charge is 0.220 e. The lowest BCUT2D eigenvalue weighted by atomic mass is 9.85. The minimum atomic E-state index is 0.137. The first-order chi connectivity index (χ1) is 10.1. The summed E-state index contributed by atoms with van der Waals surface area (Å²) < 4.78 is 0. The van der Waals surface area contributed by atoms with Crippen molar-refractivity contribution in [3.8, 4) is 0 Å². The van der Waals surface area contributed by atoms with Crippen molar-refractivity contribution in [2.24, 2.45) is 11.8 Å². The maximum absolute atomic E-state index is 12.2. The van der Waals surface area contributed by atoms with E-state index in [2.05, 4.69) is 17.6 Å². The zero-order chi connectivity index (χ0) is 15.2. The fraction of sp³-hybridized carbons (Fsp3) is 0.875. The molecule has 21 heavy (non-hydrogen) atoms. The zero-order valence-electron chi connectivity index (χ0n) is 13.4. The van der Waals surface area contributed by atoms with Crippen molar-refractivity contribution in [2.75, 3.05) is 26.2 Å². The van der Waals surface area contributed by atoms with E-state index in [1.165, 1.54) is 12.8 Å². The summed E-state index contributed by atoms with van der Waals surface area (Å²) >= 11 is 0. The van der Waals surface area contributed by atoms with Crippen molar-refractivity contribution in [1.82, 2.24) is 15.5 Å². The Labute approximate surface area is 127 Å². The molecule has 120 valence electrons. The molecule has 2 amide bonds. The van der Waals surface area contributed by atoms with E-state index in [0.717, 1.165) is 39.0 Å². The number of hydrogen-bond donors (Lipinski definition) is 2. The Balaban J connectivity index is 1.68. The van der Waals surface area contributed by atoms with E-state index in [1.807, 2.05) is 4.90 Å². The van der Waals surface area contributed by atoms with Crippen LogP contribution in [0, 0.1) is 11.8 Å². The second-order valence-electron chi connectivity index (χ2n) is 6.64. The van der Waals surface area contributed by atoms with Crippen LogP contribution in [0.2, 0.25) is 0 Å². The Bertz CT molecular complexity index is 359. The van der Waals surface area contributed by atoms with Gasteiger partial charge in [-0.05, 0) is 50.6 Å². The standard InChI is InChI=1S/C16H29N3O2/c1-12(14-4-3-7-17-11-14)10-16(21)18-15-5-8-19(9-6-15)13(2)20/h12,14-15,17H,3-11H2,1-2H3,(H,18,21). The van der Waals surface area contributed by atoms with Crippen LogP contribution in [-0.2, 0) is 9.59 Å². The molecule has 5 heteroatoms. The van der Waals surface area contributed by atoms with E-state index in [9.17, 15) is 9.59 Å². The van der Waals surface area contributed by atoms with Gasteiger partial charge in [-0.25, -0.2) is 0 Å². The van der Waals surface area contributed by atoms with Gasteiger partial charge in [0.2, 0.25) is 11.8 Å². The molecule has 0 aliphatic carbocycles. The van der Waals surface area contributed by atoms with Crippen LogP contribution < -0.4 is 10.6 Å². The molecule has 0 bridgehead atoms. The van der Waals surface area contributed by atoms with Crippen molar-refractivity contribution in [3.63, 3.8) is 0 Å². The highest BCUT2D eigenvalue weighted by molar-refractivity contribution is 5.76. The first-order valence-electron chi connectivity index (χ1n) is 8.32. The van der Waals surface area contributed by atoms with Crippen LogP contribution in [0.1, 0.15) is 46.0 Å². The lowest BCUT2D eigenvalue weighted by Gasteiger charge is -2.32. The van der Waals surface area contributed by atoms with Gasteiger partial charge < -0.3 is 15.5 Å². The highest BCUT2D eigenvalue weighted by Crippen LogP contribution is 2.22. The molecule has 2 atom stereocenters. The van der Waals surface area contributed by atoms with Gasteiger partial charge in [0.05, 0.1) is 0 Å². The summed E-state index contributed by atoms with van der Waals surface area (Å²) in [7, 11) is 0. The Morgan fingerprint density at radius 1 is 1.29 bits per heavy atom. The molecule has 0 aromatic rings. The molecule has 2 saturated heterocycles. The number of nitrogens with one attached hydrogen (secondary N) is 2. The van der Waals surface area contributed by atoms with Crippen LogP contribution in [0.5, 0.6) is 0 Å². The van der Waals surface area contributed by atoms with Crippen molar-refractivity contribution in [1.29, 1.82) is 0 Å². The number of carbonyl (C=O) groups excluding carboxylic acids is 2. The number of nitrogens with zero attached hydrogens (tertiary/aromatic N) is 1. The van der Waals surface area contributed by atoms with Gasteiger partial charge in [0.1, 0.15) is 0 Å². The van der Waals surface area contributed by atoms with Gasteiger partial charge in [0.15, 0.2) is 0 Å². The number of piperidine rings is 2. The summed E-state index contributed by atoms with van der Waals surface area (Å²) in [5, 5.41) is 6.57. The Hall–Kier alpha value is -1.10. The summed E-state index contributed by atoms with van der Waals surface area (Å²) in [5.41, 5.74) is 0. The SMILES string of the molecule is CC(=O)N1CCC(NC(=O)CC(C)C2CCCNC2)CC1. The van der Waals surface area contributed by atoms with Crippen LogP contribution in [0.3, 0.4) is 0 Å². The zero-order valence-corrected chi connectivity index (χ0v) is 13.4. The van der Waals surface area contributed by atoms with E-state index in [0.29, 0.717) is 18.3 Å². The number of hydrogen-bond acceptors (Lipinski definition) is 3. The third kappa shape index (κ3) is 4.99. The molecular weight excluding hydrogens is 266 g/mol. The predicted molar refractivity (Wildman–Crippen MR) is 82.8 cm³/mol. The Kier molecular flexibility index (Phi) is 6.03. The molecule has 0 aromatic carbocycles. The maximum Gasteiger partial charge on any atom is 0.220 e. The van der Waals surface area contributed by atoms with Gasteiger partial charge >= 0.3 is 0 Å². The Morgan fingerprint density at radius 2 is 2.00 bits per heavy atom. The third-order valence-corrected chi connectivity index (χ3v) is 4.95. The minimum absolute atomic E-state index is 0.137. The van der Waals surface area contributed by atoms with E-state index in [4.69, 9.17) is 0 Å². The molecule has 2 heterocycles. The van der Waals surface area contributed by atoms with E-state index in [-0.39, 0.29) is 17.9 Å². The van der Waals surface area contributed by atoms with E-state index < -0.39 is 0 Å². The molecular formula is C16H29N3O2. The van der Waals surface area contributed by atoms with Gasteiger partial charge in [-0.2, -0.15) is 0 Å². The minimum Gasteiger partial charge on any atom is -0.353 e. The van der Waals surface area contributed by atoms with Gasteiger partial charge in [0.25, 0.3) is 0 Å². The predicted octanol–water partition coefficient (Wildman–Crippen LogP) is 1.14. The second kappa shape index (κ2) is 7.78. The number of rotatable bonds is 4. The number of carbonyl (C=O) groups is 2. The fourth-order valence-electron chi connectivity index (χ4n) is 3.45. The topological polar surface area (TPSA) is 61.4 Å². The van der Waals surface area contributed by atoms with Crippen LogP contribution in [0.25, 0.3) is 0 Å². The molecule has 0 aromatic heterocycles. The van der Waals surface area contributed by atoms with Crippen molar-refractivity contribution >= 4 is 11.8 Å². The number of likely N-dealkylation sites (tertiary alicyclic amines) is 1. The van der Waals surface area contributed by atoms with Crippen molar-refractivity contribution in [3.05, 3.63) is 0 Å². The van der Waals surface area contributed by atoms with Gasteiger partial charge in [-0.1, -0.05) is 6.92 Å². The quantitative estimate of drug-likeness (QED) is 0.817. The second-order valence-corrected chi connectivity index (χ2v) is 6.64. The molecule has 2 fully saturated rings. The normalized spacial score (nSPS) is 25.4. The lowest BCUT2D eigenvalue weighted by molar-refractivity contribution is -0.130.